The van der Waals surface area contributed by atoms with Gasteiger partial charge in [0, 0.05) is 11.9 Å². The fourth-order valence-corrected chi connectivity index (χ4v) is 0.925. The molecule has 0 N–H and O–H groups in total. The zero-order chi connectivity index (χ0) is 8.27. The van der Waals surface area contributed by atoms with Crippen LogP contribution in [0.4, 0.5) is 0 Å². The first-order valence-electron chi connectivity index (χ1n) is 3.63. The lowest BCUT2D eigenvalue weighted by Gasteiger charge is -1.98. The Labute approximate surface area is 66.5 Å². The van der Waals surface area contributed by atoms with E-state index in [1.807, 2.05) is 19.9 Å². The Morgan fingerprint density at radius 2 is 2.36 bits per heavy atom. The summed E-state index contributed by atoms with van der Waals surface area (Å²) in [5.41, 5.74) is 2.73. The van der Waals surface area contributed by atoms with Crippen LogP contribution in [0.15, 0.2) is 12.3 Å². The summed E-state index contributed by atoms with van der Waals surface area (Å²) in [6.07, 6.45) is 2.56. The predicted molar refractivity (Wildman–Crippen MR) is 43.1 cm³/mol. The number of aromatic nitrogens is 1. The summed E-state index contributed by atoms with van der Waals surface area (Å²) in [7, 11) is 0. The summed E-state index contributed by atoms with van der Waals surface area (Å²) in [6.45, 7) is 3.98. The number of hydrogen-bond donors (Lipinski definition) is 0. The van der Waals surface area contributed by atoms with Crippen molar-refractivity contribution >= 4 is 0 Å². The molecule has 0 saturated carbocycles. The lowest BCUT2D eigenvalue weighted by molar-refractivity contribution is 1.02. The van der Waals surface area contributed by atoms with Crippen LogP contribution in [0.1, 0.15) is 23.7 Å². The molecule has 2 nitrogen and oxygen atoms in total. The maximum atomic E-state index is 8.59. The lowest BCUT2D eigenvalue weighted by Crippen LogP contribution is -1.90. The van der Waals surface area contributed by atoms with Crippen LogP contribution in [0.25, 0.3) is 0 Å². The zero-order valence-electron chi connectivity index (χ0n) is 6.76. The van der Waals surface area contributed by atoms with E-state index in [0.29, 0.717) is 5.56 Å². The molecule has 0 fully saturated rings. The Kier molecular flexibility index (Phi) is 2.22. The Balaban J connectivity index is 3.12. The molecule has 0 spiro atoms. The number of hydrogen-bond acceptors (Lipinski definition) is 2. The smallest absolute Gasteiger partial charge is 0.101 e. The number of rotatable bonds is 1. The number of pyridine rings is 1. The highest BCUT2D eigenvalue weighted by Crippen LogP contribution is 2.06. The monoisotopic (exact) mass is 146 g/mol. The molecule has 1 aromatic rings. The average Bonchev–Trinajstić information content (AvgIpc) is 2.04. The minimum absolute atomic E-state index is 0.669. The summed E-state index contributed by atoms with van der Waals surface area (Å²) >= 11 is 0. The fourth-order valence-electron chi connectivity index (χ4n) is 0.925. The normalized spacial score (nSPS) is 9.18. The fraction of sp³-hybridized carbons (Fsp3) is 0.333. The van der Waals surface area contributed by atoms with Crippen molar-refractivity contribution < 1.29 is 0 Å². The molecule has 56 valence electrons. The second kappa shape index (κ2) is 3.16. The molecule has 0 aliphatic carbocycles. The van der Waals surface area contributed by atoms with Crippen molar-refractivity contribution in [1.82, 2.24) is 4.98 Å². The summed E-state index contributed by atoms with van der Waals surface area (Å²) < 4.78 is 0. The summed E-state index contributed by atoms with van der Waals surface area (Å²) in [5, 5.41) is 8.59. The Hall–Kier alpha value is -1.36. The largest absolute Gasteiger partial charge is 0.260 e. The number of nitrogens with zero attached hydrogens (tertiary/aromatic N) is 2. The quantitative estimate of drug-likeness (QED) is 0.606. The SMILES string of the molecule is CCc1cc(C)c(C#N)cn1. The molecule has 0 radical (unpaired) electrons. The highest BCUT2D eigenvalue weighted by Gasteiger charge is 1.97. The van der Waals surface area contributed by atoms with Crippen LogP contribution >= 0.6 is 0 Å². The molecule has 1 aromatic heterocycles. The first-order valence-corrected chi connectivity index (χ1v) is 3.63. The highest BCUT2D eigenvalue weighted by atomic mass is 14.7. The first-order chi connectivity index (χ1) is 5.27. The second-order valence-electron chi connectivity index (χ2n) is 2.46. The van der Waals surface area contributed by atoms with Gasteiger partial charge < -0.3 is 0 Å². The molecular weight excluding hydrogens is 136 g/mol. The van der Waals surface area contributed by atoms with Crippen molar-refractivity contribution in [2.24, 2.45) is 0 Å². The molecule has 0 atom stereocenters. The minimum atomic E-state index is 0.669. The maximum absolute atomic E-state index is 8.59. The average molecular weight is 146 g/mol. The van der Waals surface area contributed by atoms with Gasteiger partial charge in [0.05, 0.1) is 5.56 Å². The van der Waals surface area contributed by atoms with Crippen LogP contribution in [0, 0.1) is 18.3 Å². The van der Waals surface area contributed by atoms with Gasteiger partial charge >= 0.3 is 0 Å². The van der Waals surface area contributed by atoms with Crippen LogP contribution in [-0.2, 0) is 6.42 Å². The third-order valence-electron chi connectivity index (χ3n) is 1.65. The van der Waals surface area contributed by atoms with Gasteiger partial charge in [0.15, 0.2) is 0 Å². The van der Waals surface area contributed by atoms with Gasteiger partial charge in [0.2, 0.25) is 0 Å². The van der Waals surface area contributed by atoms with E-state index in [1.165, 1.54) is 0 Å². The van der Waals surface area contributed by atoms with Gasteiger partial charge in [-0.05, 0) is 25.0 Å². The van der Waals surface area contributed by atoms with Gasteiger partial charge in [-0.3, -0.25) is 4.98 Å². The van der Waals surface area contributed by atoms with E-state index in [4.69, 9.17) is 5.26 Å². The molecule has 0 aliphatic heterocycles. The van der Waals surface area contributed by atoms with Crippen LogP contribution < -0.4 is 0 Å². The zero-order valence-corrected chi connectivity index (χ0v) is 6.76. The molecule has 0 saturated heterocycles. The third kappa shape index (κ3) is 1.56. The predicted octanol–water partition coefficient (Wildman–Crippen LogP) is 1.82. The summed E-state index contributed by atoms with van der Waals surface area (Å²) in [6, 6.07) is 4.04. The first kappa shape index (κ1) is 7.74. The van der Waals surface area contributed by atoms with Crippen molar-refractivity contribution in [3.8, 4) is 6.07 Å². The molecule has 1 rings (SSSR count). The van der Waals surface area contributed by atoms with E-state index in [-0.39, 0.29) is 0 Å². The van der Waals surface area contributed by atoms with Crippen molar-refractivity contribution in [2.75, 3.05) is 0 Å². The lowest BCUT2D eigenvalue weighted by atomic mass is 10.1. The van der Waals surface area contributed by atoms with Crippen molar-refractivity contribution in [2.45, 2.75) is 20.3 Å². The maximum Gasteiger partial charge on any atom is 0.101 e. The second-order valence-corrected chi connectivity index (χ2v) is 2.46. The molecule has 2 heteroatoms. The van der Waals surface area contributed by atoms with Gasteiger partial charge in [-0.2, -0.15) is 5.26 Å². The molecule has 0 aromatic carbocycles. The summed E-state index contributed by atoms with van der Waals surface area (Å²) in [5.74, 6) is 0. The molecule has 0 bridgehead atoms. The number of aryl methyl sites for hydroxylation is 2. The minimum Gasteiger partial charge on any atom is -0.260 e. The van der Waals surface area contributed by atoms with E-state index in [0.717, 1.165) is 17.7 Å². The molecule has 0 aliphatic rings. The van der Waals surface area contributed by atoms with E-state index >= 15 is 0 Å². The molecular formula is C9H10N2. The Bertz CT molecular complexity index is 297. The highest BCUT2D eigenvalue weighted by molar-refractivity contribution is 5.35. The summed E-state index contributed by atoms with van der Waals surface area (Å²) in [4.78, 5) is 4.11. The standard InChI is InChI=1S/C9H10N2/c1-3-9-4-7(2)8(5-10)6-11-9/h4,6H,3H2,1-2H3. The molecule has 11 heavy (non-hydrogen) atoms. The molecule has 1 heterocycles. The Morgan fingerprint density at radius 1 is 1.64 bits per heavy atom. The van der Waals surface area contributed by atoms with E-state index < -0.39 is 0 Å². The topological polar surface area (TPSA) is 36.7 Å². The van der Waals surface area contributed by atoms with Crippen molar-refractivity contribution in [1.29, 1.82) is 5.26 Å². The molecule has 0 amide bonds. The third-order valence-corrected chi connectivity index (χ3v) is 1.65. The van der Waals surface area contributed by atoms with E-state index in [1.54, 1.807) is 6.20 Å². The van der Waals surface area contributed by atoms with Crippen LogP contribution in [0.3, 0.4) is 0 Å². The van der Waals surface area contributed by atoms with Crippen LogP contribution in [-0.4, -0.2) is 4.98 Å². The van der Waals surface area contributed by atoms with E-state index in [2.05, 4.69) is 11.1 Å². The van der Waals surface area contributed by atoms with Gasteiger partial charge in [-0.15, -0.1) is 0 Å². The van der Waals surface area contributed by atoms with Gasteiger partial charge in [-0.25, -0.2) is 0 Å². The van der Waals surface area contributed by atoms with E-state index in [9.17, 15) is 0 Å². The Morgan fingerprint density at radius 3 is 2.82 bits per heavy atom. The molecule has 0 unspecified atom stereocenters. The van der Waals surface area contributed by atoms with Crippen LogP contribution in [0.5, 0.6) is 0 Å². The van der Waals surface area contributed by atoms with Crippen molar-refractivity contribution in [3.63, 3.8) is 0 Å². The van der Waals surface area contributed by atoms with Gasteiger partial charge in [0.25, 0.3) is 0 Å². The van der Waals surface area contributed by atoms with Crippen molar-refractivity contribution in [3.05, 3.63) is 29.1 Å². The van der Waals surface area contributed by atoms with Gasteiger partial charge in [0.1, 0.15) is 6.07 Å². The van der Waals surface area contributed by atoms with Crippen LogP contribution in [0.2, 0.25) is 0 Å². The number of nitriles is 1. The van der Waals surface area contributed by atoms with Gasteiger partial charge in [-0.1, -0.05) is 6.92 Å².